The van der Waals surface area contributed by atoms with E-state index in [0.29, 0.717) is 18.1 Å². The summed E-state index contributed by atoms with van der Waals surface area (Å²) in [6.07, 6.45) is 3.28. The molecule has 154 valence electrons. The molecule has 2 N–H and O–H groups in total. The highest BCUT2D eigenvalue weighted by atomic mass is 79.9. The number of carbonyl (C=O) groups is 2. The number of nitrogens with one attached hydrogen (secondary N) is 2. The molecule has 7 heteroatoms. The number of ether oxygens (including phenoxy) is 2. The molecule has 0 saturated heterocycles. The van der Waals surface area contributed by atoms with Gasteiger partial charge in [-0.3, -0.25) is 9.59 Å². The summed E-state index contributed by atoms with van der Waals surface area (Å²) in [6, 6.07) is 11.1. The Kier molecular flexibility index (Phi) is 8.73. The minimum atomic E-state index is -0.274. The van der Waals surface area contributed by atoms with Crippen LogP contribution in [0.15, 0.2) is 46.9 Å². The molecular weight excluding hydrogens is 436 g/mol. The zero-order valence-corrected chi connectivity index (χ0v) is 18.3. The first-order valence-electron chi connectivity index (χ1n) is 9.25. The summed E-state index contributed by atoms with van der Waals surface area (Å²) in [5.41, 5.74) is 2.53. The first-order valence-corrected chi connectivity index (χ1v) is 10.0. The first kappa shape index (κ1) is 22.5. The zero-order chi connectivity index (χ0) is 21.2. The Morgan fingerprint density at radius 1 is 1.14 bits per heavy atom. The van der Waals surface area contributed by atoms with Crippen molar-refractivity contribution in [3.8, 4) is 11.5 Å². The maximum atomic E-state index is 12.1. The van der Waals surface area contributed by atoms with Crippen LogP contribution in [0.5, 0.6) is 11.5 Å². The van der Waals surface area contributed by atoms with Gasteiger partial charge in [-0.15, -0.1) is 0 Å². The quantitative estimate of drug-likeness (QED) is 0.546. The van der Waals surface area contributed by atoms with Gasteiger partial charge in [0.15, 0.2) is 11.5 Å². The van der Waals surface area contributed by atoms with Gasteiger partial charge in [0.05, 0.1) is 13.7 Å². The van der Waals surface area contributed by atoms with Crippen LogP contribution in [0.3, 0.4) is 0 Å². The number of methoxy groups -OCH3 is 1. The van der Waals surface area contributed by atoms with Crippen LogP contribution < -0.4 is 20.1 Å². The van der Waals surface area contributed by atoms with Crippen molar-refractivity contribution in [3.63, 3.8) is 0 Å². The second kappa shape index (κ2) is 11.3. The molecule has 0 aliphatic heterocycles. The molecular formula is C22H25BrN2O4. The van der Waals surface area contributed by atoms with Gasteiger partial charge in [0, 0.05) is 29.2 Å². The smallest absolute Gasteiger partial charge is 0.244 e. The Labute approximate surface area is 179 Å². The predicted octanol–water partition coefficient (Wildman–Crippen LogP) is 4.32. The van der Waals surface area contributed by atoms with Gasteiger partial charge in [0.25, 0.3) is 0 Å². The van der Waals surface area contributed by atoms with E-state index < -0.39 is 0 Å². The molecule has 0 spiro atoms. The fourth-order valence-corrected chi connectivity index (χ4v) is 2.90. The Bertz CT molecular complexity index is 896. The van der Waals surface area contributed by atoms with Gasteiger partial charge in [0.2, 0.25) is 11.8 Å². The van der Waals surface area contributed by atoms with Crippen molar-refractivity contribution in [2.45, 2.75) is 20.3 Å². The molecule has 0 unspecified atom stereocenters. The van der Waals surface area contributed by atoms with Crippen LogP contribution in [0, 0.1) is 6.92 Å². The number of hydrogen-bond acceptors (Lipinski definition) is 4. The molecule has 0 bridgehead atoms. The number of aryl methyl sites for hydroxylation is 1. The molecule has 2 rings (SSSR count). The summed E-state index contributed by atoms with van der Waals surface area (Å²) in [5.74, 6) is 0.827. The standard InChI is InChI=1S/C22H25BrN2O4/c1-4-29-19-9-6-16(13-20(19)28-3)7-10-21(26)24-12-11-22(27)25-18-14-17(23)8-5-15(18)2/h5-10,13-14H,4,11-12H2,1-3H3,(H,24,26)(H,25,27)/b10-7+. The molecule has 0 radical (unpaired) electrons. The monoisotopic (exact) mass is 460 g/mol. The van der Waals surface area contributed by atoms with E-state index in [4.69, 9.17) is 9.47 Å². The molecule has 0 heterocycles. The Balaban J connectivity index is 1.82. The van der Waals surface area contributed by atoms with E-state index in [-0.39, 0.29) is 24.8 Å². The van der Waals surface area contributed by atoms with Crippen LogP contribution in [0.2, 0.25) is 0 Å². The van der Waals surface area contributed by atoms with Crippen molar-refractivity contribution < 1.29 is 19.1 Å². The molecule has 0 aliphatic rings. The van der Waals surface area contributed by atoms with Gasteiger partial charge in [0.1, 0.15) is 0 Å². The fourth-order valence-electron chi connectivity index (χ4n) is 2.53. The number of rotatable bonds is 9. The van der Waals surface area contributed by atoms with Crippen molar-refractivity contribution in [1.29, 1.82) is 0 Å². The Morgan fingerprint density at radius 3 is 2.66 bits per heavy atom. The lowest BCUT2D eigenvalue weighted by Gasteiger charge is -2.09. The van der Waals surface area contributed by atoms with Gasteiger partial charge < -0.3 is 20.1 Å². The molecule has 0 saturated carbocycles. The minimum absolute atomic E-state index is 0.160. The molecule has 6 nitrogen and oxygen atoms in total. The third kappa shape index (κ3) is 7.27. The van der Waals surface area contributed by atoms with E-state index in [1.165, 1.54) is 6.08 Å². The van der Waals surface area contributed by atoms with Crippen molar-refractivity contribution in [1.82, 2.24) is 5.32 Å². The second-order valence-electron chi connectivity index (χ2n) is 6.23. The van der Waals surface area contributed by atoms with E-state index in [2.05, 4.69) is 26.6 Å². The summed E-state index contributed by atoms with van der Waals surface area (Å²) in [7, 11) is 1.57. The van der Waals surface area contributed by atoms with Gasteiger partial charge >= 0.3 is 0 Å². The van der Waals surface area contributed by atoms with E-state index in [1.807, 2.05) is 38.1 Å². The lowest BCUT2D eigenvalue weighted by Crippen LogP contribution is -2.26. The highest BCUT2D eigenvalue weighted by Crippen LogP contribution is 2.28. The van der Waals surface area contributed by atoms with Gasteiger partial charge in [-0.2, -0.15) is 0 Å². The van der Waals surface area contributed by atoms with E-state index >= 15 is 0 Å². The van der Waals surface area contributed by atoms with Crippen molar-refractivity contribution in [2.75, 3.05) is 25.6 Å². The van der Waals surface area contributed by atoms with Gasteiger partial charge in [-0.05, 0) is 55.3 Å². The van der Waals surface area contributed by atoms with Crippen molar-refractivity contribution in [2.24, 2.45) is 0 Å². The number of halogens is 1. The third-order valence-corrected chi connectivity index (χ3v) is 4.53. The van der Waals surface area contributed by atoms with E-state index in [1.54, 1.807) is 25.3 Å². The Morgan fingerprint density at radius 2 is 1.93 bits per heavy atom. The van der Waals surface area contributed by atoms with Gasteiger partial charge in [-0.1, -0.05) is 28.1 Å². The molecule has 2 aromatic carbocycles. The van der Waals surface area contributed by atoms with Crippen LogP contribution in [0.4, 0.5) is 5.69 Å². The lowest BCUT2D eigenvalue weighted by atomic mass is 10.2. The SMILES string of the molecule is CCOc1ccc(/C=C/C(=O)NCCC(=O)Nc2cc(Br)ccc2C)cc1OC. The number of amides is 2. The number of hydrogen-bond donors (Lipinski definition) is 2. The number of anilines is 1. The van der Waals surface area contributed by atoms with Crippen LogP contribution >= 0.6 is 15.9 Å². The van der Waals surface area contributed by atoms with Crippen molar-refractivity contribution in [3.05, 3.63) is 58.1 Å². The average Bonchev–Trinajstić information content (AvgIpc) is 2.70. The average molecular weight is 461 g/mol. The molecule has 0 fully saturated rings. The molecule has 29 heavy (non-hydrogen) atoms. The molecule has 2 aromatic rings. The summed E-state index contributed by atoms with van der Waals surface area (Å²) >= 11 is 3.38. The van der Waals surface area contributed by atoms with Crippen LogP contribution in [0.1, 0.15) is 24.5 Å². The summed E-state index contributed by atoms with van der Waals surface area (Å²) in [4.78, 5) is 24.1. The maximum absolute atomic E-state index is 12.1. The summed E-state index contributed by atoms with van der Waals surface area (Å²) < 4.78 is 11.7. The zero-order valence-electron chi connectivity index (χ0n) is 16.8. The summed E-state index contributed by atoms with van der Waals surface area (Å²) in [5, 5.41) is 5.55. The van der Waals surface area contributed by atoms with Gasteiger partial charge in [-0.25, -0.2) is 0 Å². The van der Waals surface area contributed by atoms with E-state index in [0.717, 1.165) is 21.3 Å². The predicted molar refractivity (Wildman–Crippen MR) is 118 cm³/mol. The summed E-state index contributed by atoms with van der Waals surface area (Å²) in [6.45, 7) is 4.61. The second-order valence-corrected chi connectivity index (χ2v) is 7.14. The molecule has 0 aromatic heterocycles. The highest BCUT2D eigenvalue weighted by molar-refractivity contribution is 9.10. The topological polar surface area (TPSA) is 76.7 Å². The van der Waals surface area contributed by atoms with Crippen LogP contribution in [-0.4, -0.2) is 32.1 Å². The highest BCUT2D eigenvalue weighted by Gasteiger charge is 2.07. The fraction of sp³-hybridized carbons (Fsp3) is 0.273. The normalized spacial score (nSPS) is 10.6. The van der Waals surface area contributed by atoms with E-state index in [9.17, 15) is 9.59 Å². The third-order valence-electron chi connectivity index (χ3n) is 4.04. The van der Waals surface area contributed by atoms with Crippen LogP contribution in [-0.2, 0) is 9.59 Å². The largest absolute Gasteiger partial charge is 0.493 e. The lowest BCUT2D eigenvalue weighted by molar-refractivity contribution is -0.117. The van der Waals surface area contributed by atoms with Crippen molar-refractivity contribution >= 4 is 39.5 Å². The van der Waals surface area contributed by atoms with Crippen LogP contribution in [0.25, 0.3) is 6.08 Å². The number of carbonyl (C=O) groups excluding carboxylic acids is 2. The minimum Gasteiger partial charge on any atom is -0.493 e. The molecule has 0 atom stereocenters. The molecule has 2 amide bonds. The first-order chi connectivity index (χ1) is 13.9. The maximum Gasteiger partial charge on any atom is 0.244 e. The molecule has 0 aliphatic carbocycles. The Hall–Kier alpha value is -2.80. The number of benzene rings is 2.